The Balaban J connectivity index is 2.62. The van der Waals surface area contributed by atoms with Crippen molar-refractivity contribution in [3.8, 4) is 0 Å². The summed E-state index contributed by atoms with van der Waals surface area (Å²) < 4.78 is 1.86. The van der Waals surface area contributed by atoms with Crippen molar-refractivity contribution in [2.24, 2.45) is 0 Å². The molecule has 1 aromatic rings. The zero-order chi connectivity index (χ0) is 12.7. The molecule has 0 unspecified atom stereocenters. The molecule has 0 bridgehead atoms. The third kappa shape index (κ3) is 3.50. The Morgan fingerprint density at radius 3 is 2.47 bits per heavy atom. The fourth-order valence-corrected chi connectivity index (χ4v) is 1.52. The zero-order valence-corrected chi connectivity index (χ0v) is 10.1. The summed E-state index contributed by atoms with van der Waals surface area (Å²) in [6.07, 6.45) is 2.70. The first-order chi connectivity index (χ1) is 8.21. The van der Waals surface area contributed by atoms with Crippen LogP contribution >= 0.6 is 0 Å². The van der Waals surface area contributed by atoms with Gasteiger partial charge < -0.3 is 15.3 Å². The van der Waals surface area contributed by atoms with Crippen molar-refractivity contribution in [3.05, 3.63) is 18.0 Å². The highest BCUT2D eigenvalue weighted by molar-refractivity contribution is 5.02. The Morgan fingerprint density at radius 2 is 1.94 bits per heavy atom. The molecule has 0 aliphatic carbocycles. The van der Waals surface area contributed by atoms with Gasteiger partial charge in [0.25, 0.3) is 0 Å². The number of rotatable bonds is 8. The predicted molar refractivity (Wildman–Crippen MR) is 63.3 cm³/mol. The second-order valence-electron chi connectivity index (χ2n) is 4.15. The summed E-state index contributed by atoms with van der Waals surface area (Å²) in [5, 5.41) is 34.7. The number of aliphatic hydroxyl groups is 3. The Kier molecular flexibility index (Phi) is 5.57. The molecule has 6 heteroatoms. The summed E-state index contributed by atoms with van der Waals surface area (Å²) >= 11 is 0. The SMILES string of the molecule is CCCn1nccc1CNC(CO)(CO)CO. The van der Waals surface area contributed by atoms with Gasteiger partial charge in [-0.2, -0.15) is 5.10 Å². The van der Waals surface area contributed by atoms with E-state index in [0.717, 1.165) is 18.7 Å². The summed E-state index contributed by atoms with van der Waals surface area (Å²) in [6.45, 7) is 2.39. The van der Waals surface area contributed by atoms with Gasteiger partial charge in [0.2, 0.25) is 0 Å². The molecule has 6 nitrogen and oxygen atoms in total. The first-order valence-corrected chi connectivity index (χ1v) is 5.79. The zero-order valence-electron chi connectivity index (χ0n) is 10.1. The highest BCUT2D eigenvalue weighted by Crippen LogP contribution is 2.06. The van der Waals surface area contributed by atoms with Crippen LogP contribution in [0.3, 0.4) is 0 Å². The van der Waals surface area contributed by atoms with Crippen molar-refractivity contribution in [2.45, 2.75) is 32.0 Å². The van der Waals surface area contributed by atoms with Crippen LogP contribution in [-0.2, 0) is 13.1 Å². The number of aliphatic hydroxyl groups excluding tert-OH is 3. The van der Waals surface area contributed by atoms with Gasteiger partial charge in [-0.15, -0.1) is 0 Å². The highest BCUT2D eigenvalue weighted by Gasteiger charge is 2.27. The van der Waals surface area contributed by atoms with Crippen LogP contribution in [-0.4, -0.2) is 50.5 Å². The Hall–Kier alpha value is -0.950. The molecule has 1 rings (SSSR count). The van der Waals surface area contributed by atoms with Crippen molar-refractivity contribution < 1.29 is 15.3 Å². The summed E-state index contributed by atoms with van der Waals surface area (Å²) in [5.41, 5.74) is -0.0759. The van der Waals surface area contributed by atoms with E-state index in [2.05, 4.69) is 17.3 Å². The molecule has 0 radical (unpaired) electrons. The molecule has 4 N–H and O–H groups in total. The molecule has 0 amide bonds. The lowest BCUT2D eigenvalue weighted by Crippen LogP contribution is -2.54. The van der Waals surface area contributed by atoms with Crippen LogP contribution in [0.5, 0.6) is 0 Å². The first kappa shape index (κ1) is 14.1. The molecular weight excluding hydrogens is 222 g/mol. The fourth-order valence-electron chi connectivity index (χ4n) is 1.52. The molecule has 0 saturated carbocycles. The lowest BCUT2D eigenvalue weighted by Gasteiger charge is -2.28. The molecule has 98 valence electrons. The maximum Gasteiger partial charge on any atom is 0.0884 e. The molecule has 0 fully saturated rings. The van der Waals surface area contributed by atoms with Gasteiger partial charge in [0, 0.05) is 19.3 Å². The van der Waals surface area contributed by atoms with Crippen molar-refractivity contribution in [2.75, 3.05) is 19.8 Å². The van der Waals surface area contributed by atoms with E-state index >= 15 is 0 Å². The number of aromatic nitrogens is 2. The summed E-state index contributed by atoms with van der Waals surface area (Å²) in [5.74, 6) is 0. The normalized spacial score (nSPS) is 12.0. The summed E-state index contributed by atoms with van der Waals surface area (Å²) in [4.78, 5) is 0. The number of hydrogen-bond donors (Lipinski definition) is 4. The molecule has 0 spiro atoms. The van der Waals surface area contributed by atoms with Crippen molar-refractivity contribution in [1.29, 1.82) is 0 Å². The minimum Gasteiger partial charge on any atom is -0.394 e. The quantitative estimate of drug-likeness (QED) is 0.475. The van der Waals surface area contributed by atoms with Crippen LogP contribution in [0.4, 0.5) is 0 Å². The Bertz CT molecular complexity index is 315. The molecule has 0 saturated heterocycles. The van der Waals surface area contributed by atoms with Gasteiger partial charge >= 0.3 is 0 Å². The molecule has 0 atom stereocenters. The van der Waals surface area contributed by atoms with Crippen LogP contribution in [0, 0.1) is 0 Å². The first-order valence-electron chi connectivity index (χ1n) is 5.79. The predicted octanol–water partition coefficient (Wildman–Crippen LogP) is -0.902. The van der Waals surface area contributed by atoms with Crippen molar-refractivity contribution in [3.63, 3.8) is 0 Å². The molecular formula is C11H21N3O3. The number of nitrogens with zero attached hydrogens (tertiary/aromatic N) is 2. The summed E-state index contributed by atoms with van der Waals surface area (Å²) in [6, 6.07) is 1.87. The fraction of sp³-hybridized carbons (Fsp3) is 0.727. The van der Waals surface area contributed by atoms with E-state index in [1.807, 2.05) is 10.7 Å². The maximum atomic E-state index is 9.17. The average molecular weight is 243 g/mol. The lowest BCUT2D eigenvalue weighted by molar-refractivity contribution is 0.0409. The third-order valence-electron chi connectivity index (χ3n) is 2.79. The molecule has 0 aromatic carbocycles. The smallest absolute Gasteiger partial charge is 0.0884 e. The third-order valence-corrected chi connectivity index (χ3v) is 2.79. The molecule has 0 aliphatic rings. The van der Waals surface area contributed by atoms with Gasteiger partial charge in [-0.1, -0.05) is 6.92 Å². The molecule has 17 heavy (non-hydrogen) atoms. The second kappa shape index (κ2) is 6.70. The van der Waals surface area contributed by atoms with Crippen LogP contribution < -0.4 is 5.32 Å². The van der Waals surface area contributed by atoms with E-state index in [1.54, 1.807) is 6.20 Å². The van der Waals surface area contributed by atoms with E-state index in [1.165, 1.54) is 0 Å². The Morgan fingerprint density at radius 1 is 1.29 bits per heavy atom. The van der Waals surface area contributed by atoms with Crippen LogP contribution in [0.2, 0.25) is 0 Å². The lowest BCUT2D eigenvalue weighted by atomic mass is 10.0. The van der Waals surface area contributed by atoms with Gasteiger partial charge in [-0.05, 0) is 12.5 Å². The minimum absolute atomic E-state index is 0.318. The Labute approximate surface area is 101 Å². The van der Waals surface area contributed by atoms with Crippen LogP contribution in [0.25, 0.3) is 0 Å². The number of aryl methyl sites for hydroxylation is 1. The van der Waals surface area contributed by atoms with E-state index in [9.17, 15) is 15.3 Å². The minimum atomic E-state index is -1.04. The van der Waals surface area contributed by atoms with Crippen molar-refractivity contribution >= 4 is 0 Å². The maximum absolute atomic E-state index is 9.17. The highest BCUT2D eigenvalue weighted by atomic mass is 16.3. The van der Waals surface area contributed by atoms with Gasteiger partial charge in [-0.3, -0.25) is 10.00 Å². The number of hydrogen-bond acceptors (Lipinski definition) is 5. The number of nitrogens with one attached hydrogen (secondary N) is 1. The van der Waals surface area contributed by atoms with Crippen molar-refractivity contribution in [1.82, 2.24) is 15.1 Å². The molecule has 1 heterocycles. The monoisotopic (exact) mass is 243 g/mol. The summed E-state index contributed by atoms with van der Waals surface area (Å²) in [7, 11) is 0. The molecule has 0 aliphatic heterocycles. The topological polar surface area (TPSA) is 90.5 Å². The van der Waals surface area contributed by atoms with E-state index < -0.39 is 5.54 Å². The van der Waals surface area contributed by atoms with Gasteiger partial charge in [0.05, 0.1) is 31.1 Å². The van der Waals surface area contributed by atoms with Gasteiger partial charge in [0.1, 0.15) is 0 Å². The van der Waals surface area contributed by atoms with Crippen LogP contribution in [0.15, 0.2) is 12.3 Å². The van der Waals surface area contributed by atoms with Crippen LogP contribution in [0.1, 0.15) is 19.0 Å². The average Bonchev–Trinajstić information content (AvgIpc) is 2.80. The van der Waals surface area contributed by atoms with E-state index in [-0.39, 0.29) is 19.8 Å². The second-order valence-corrected chi connectivity index (χ2v) is 4.15. The van der Waals surface area contributed by atoms with E-state index in [0.29, 0.717) is 6.54 Å². The van der Waals surface area contributed by atoms with Gasteiger partial charge in [0.15, 0.2) is 0 Å². The largest absolute Gasteiger partial charge is 0.394 e. The molecule has 1 aromatic heterocycles. The standard InChI is InChI=1S/C11H21N3O3/c1-2-5-14-10(3-4-13-14)6-12-11(7-15,8-16)9-17/h3-4,12,15-17H,2,5-9H2,1H3. The van der Waals surface area contributed by atoms with Gasteiger partial charge in [-0.25, -0.2) is 0 Å². The van der Waals surface area contributed by atoms with E-state index in [4.69, 9.17) is 0 Å².